The molecule has 0 bridgehead atoms. The molecule has 100 valence electrons. The first kappa shape index (κ1) is 12.2. The number of nitrogens with zero attached hydrogens (tertiary/aromatic N) is 3. The number of nitrogens with one attached hydrogen (secondary N) is 1. The summed E-state index contributed by atoms with van der Waals surface area (Å²) in [5, 5.41) is 7.86. The van der Waals surface area contributed by atoms with Crippen LogP contribution in [0, 0.1) is 0 Å². The van der Waals surface area contributed by atoms with Gasteiger partial charge >= 0.3 is 0 Å². The van der Waals surface area contributed by atoms with Crippen molar-refractivity contribution in [3.63, 3.8) is 0 Å². The molecule has 4 heteroatoms. The second-order valence-electron chi connectivity index (χ2n) is 5.72. The standard InChI is InChI=1S/C14H24N4/c1-17-13(6-9-16-17)7-10-18(14-4-5-14)11-12-3-2-8-15-12/h6,9,12,14-15H,2-5,7-8,10-11H2,1H3. The molecule has 0 aromatic carbocycles. The van der Waals surface area contributed by atoms with Crippen molar-refractivity contribution in [1.82, 2.24) is 20.0 Å². The van der Waals surface area contributed by atoms with Gasteiger partial charge in [0, 0.05) is 50.5 Å². The molecule has 1 aliphatic carbocycles. The Labute approximate surface area is 109 Å². The summed E-state index contributed by atoms with van der Waals surface area (Å²) in [7, 11) is 2.04. The molecule has 2 fully saturated rings. The van der Waals surface area contributed by atoms with Gasteiger partial charge in [-0.1, -0.05) is 0 Å². The molecule has 0 radical (unpaired) electrons. The summed E-state index contributed by atoms with van der Waals surface area (Å²) in [6.45, 7) is 3.63. The molecule has 2 heterocycles. The third-order valence-electron chi connectivity index (χ3n) is 4.26. The van der Waals surface area contributed by atoms with Crippen molar-refractivity contribution in [2.75, 3.05) is 19.6 Å². The first-order valence-electron chi connectivity index (χ1n) is 7.27. The molecule has 0 amide bonds. The lowest BCUT2D eigenvalue weighted by Crippen LogP contribution is -2.40. The summed E-state index contributed by atoms with van der Waals surface area (Å²) < 4.78 is 2.00. The minimum absolute atomic E-state index is 0.733. The molecule has 1 saturated carbocycles. The van der Waals surface area contributed by atoms with Gasteiger partial charge < -0.3 is 5.32 Å². The number of rotatable bonds is 6. The van der Waals surface area contributed by atoms with Crippen molar-refractivity contribution in [2.24, 2.45) is 7.05 Å². The van der Waals surface area contributed by atoms with Crippen molar-refractivity contribution in [2.45, 2.75) is 44.2 Å². The number of aryl methyl sites for hydroxylation is 1. The molecule has 1 saturated heterocycles. The Balaban J connectivity index is 1.52. The predicted octanol–water partition coefficient (Wildman–Crippen LogP) is 1.18. The second kappa shape index (κ2) is 5.41. The van der Waals surface area contributed by atoms with Crippen molar-refractivity contribution < 1.29 is 0 Å². The predicted molar refractivity (Wildman–Crippen MR) is 72.5 cm³/mol. The van der Waals surface area contributed by atoms with Crippen molar-refractivity contribution in [1.29, 1.82) is 0 Å². The van der Waals surface area contributed by atoms with E-state index in [4.69, 9.17) is 0 Å². The summed E-state index contributed by atoms with van der Waals surface area (Å²) in [5.74, 6) is 0. The fraction of sp³-hybridized carbons (Fsp3) is 0.786. The molecular weight excluding hydrogens is 224 g/mol. The van der Waals surface area contributed by atoms with Gasteiger partial charge in [-0.05, 0) is 38.3 Å². The minimum atomic E-state index is 0.733. The van der Waals surface area contributed by atoms with Crippen molar-refractivity contribution >= 4 is 0 Å². The van der Waals surface area contributed by atoms with E-state index in [2.05, 4.69) is 21.4 Å². The number of hydrogen-bond acceptors (Lipinski definition) is 3. The maximum atomic E-state index is 4.24. The smallest absolute Gasteiger partial charge is 0.0492 e. The van der Waals surface area contributed by atoms with Crippen LogP contribution < -0.4 is 5.32 Å². The highest BCUT2D eigenvalue weighted by Crippen LogP contribution is 2.27. The lowest BCUT2D eigenvalue weighted by atomic mass is 10.2. The Morgan fingerprint density at radius 2 is 2.33 bits per heavy atom. The average Bonchev–Trinajstić information content (AvgIpc) is 2.93. The Morgan fingerprint density at radius 1 is 1.44 bits per heavy atom. The van der Waals surface area contributed by atoms with Gasteiger partial charge in [0.1, 0.15) is 0 Å². The molecule has 3 rings (SSSR count). The molecule has 1 aromatic heterocycles. The Morgan fingerprint density at radius 3 is 2.94 bits per heavy atom. The Kier molecular flexibility index (Phi) is 3.66. The maximum Gasteiger partial charge on any atom is 0.0492 e. The topological polar surface area (TPSA) is 33.1 Å². The van der Waals surface area contributed by atoms with E-state index in [1.807, 2.05) is 17.9 Å². The van der Waals surface area contributed by atoms with Gasteiger partial charge in [-0.3, -0.25) is 9.58 Å². The molecule has 1 unspecified atom stereocenters. The molecular formula is C14H24N4. The molecule has 1 aliphatic heterocycles. The van der Waals surface area contributed by atoms with Crippen molar-refractivity contribution in [3.8, 4) is 0 Å². The molecule has 2 aliphatic rings. The van der Waals surface area contributed by atoms with Crippen molar-refractivity contribution in [3.05, 3.63) is 18.0 Å². The van der Waals surface area contributed by atoms with E-state index in [0.717, 1.165) is 18.5 Å². The fourth-order valence-corrected chi connectivity index (χ4v) is 2.96. The summed E-state index contributed by atoms with van der Waals surface area (Å²) in [6, 6.07) is 3.73. The molecule has 4 nitrogen and oxygen atoms in total. The third kappa shape index (κ3) is 2.93. The first-order chi connectivity index (χ1) is 8.83. The number of aromatic nitrogens is 2. The highest BCUT2D eigenvalue weighted by molar-refractivity contribution is 5.01. The van der Waals surface area contributed by atoms with Gasteiger partial charge in [-0.25, -0.2) is 0 Å². The van der Waals surface area contributed by atoms with Gasteiger partial charge in [0.25, 0.3) is 0 Å². The van der Waals surface area contributed by atoms with Crippen LogP contribution in [0.1, 0.15) is 31.4 Å². The van der Waals surface area contributed by atoms with Crippen LogP contribution >= 0.6 is 0 Å². The van der Waals surface area contributed by atoms with E-state index in [-0.39, 0.29) is 0 Å². The van der Waals surface area contributed by atoms with E-state index in [9.17, 15) is 0 Å². The SMILES string of the molecule is Cn1nccc1CCN(CC1CCCN1)C1CC1. The summed E-state index contributed by atoms with van der Waals surface area (Å²) in [6.07, 6.45) is 8.53. The van der Waals surface area contributed by atoms with Gasteiger partial charge in [0.05, 0.1) is 0 Å². The van der Waals surface area contributed by atoms with Crippen LogP contribution in [0.15, 0.2) is 12.3 Å². The summed E-state index contributed by atoms with van der Waals surface area (Å²) in [5.41, 5.74) is 1.35. The lowest BCUT2D eigenvalue weighted by molar-refractivity contribution is 0.241. The minimum Gasteiger partial charge on any atom is -0.313 e. The summed E-state index contributed by atoms with van der Waals surface area (Å²) in [4.78, 5) is 2.69. The second-order valence-corrected chi connectivity index (χ2v) is 5.72. The largest absolute Gasteiger partial charge is 0.313 e. The van der Waals surface area contributed by atoms with Gasteiger partial charge in [0.2, 0.25) is 0 Å². The average molecular weight is 248 g/mol. The zero-order chi connectivity index (χ0) is 12.4. The Hall–Kier alpha value is -0.870. The summed E-state index contributed by atoms with van der Waals surface area (Å²) >= 11 is 0. The van der Waals surface area contributed by atoms with Gasteiger partial charge in [-0.2, -0.15) is 5.10 Å². The monoisotopic (exact) mass is 248 g/mol. The molecule has 1 atom stereocenters. The lowest BCUT2D eigenvalue weighted by Gasteiger charge is -2.25. The quantitative estimate of drug-likeness (QED) is 0.820. The van der Waals surface area contributed by atoms with Crippen LogP contribution in [-0.2, 0) is 13.5 Å². The molecule has 1 aromatic rings. The highest BCUT2D eigenvalue weighted by Gasteiger charge is 2.30. The van der Waals surface area contributed by atoms with E-state index >= 15 is 0 Å². The fourth-order valence-electron chi connectivity index (χ4n) is 2.96. The molecule has 1 N–H and O–H groups in total. The molecule has 0 spiro atoms. The maximum absolute atomic E-state index is 4.24. The molecule has 18 heavy (non-hydrogen) atoms. The normalized spacial score (nSPS) is 24.0. The first-order valence-corrected chi connectivity index (χ1v) is 7.27. The van der Waals surface area contributed by atoms with Gasteiger partial charge in [-0.15, -0.1) is 0 Å². The van der Waals surface area contributed by atoms with Crippen LogP contribution in [-0.4, -0.2) is 46.4 Å². The van der Waals surface area contributed by atoms with Gasteiger partial charge in [0.15, 0.2) is 0 Å². The van der Waals surface area contributed by atoms with E-state index in [1.54, 1.807) is 0 Å². The van der Waals surface area contributed by atoms with Crippen LogP contribution in [0.2, 0.25) is 0 Å². The van der Waals surface area contributed by atoms with Crippen LogP contribution in [0.5, 0.6) is 0 Å². The third-order valence-corrected chi connectivity index (χ3v) is 4.26. The van der Waals surface area contributed by atoms with E-state index in [1.165, 1.54) is 51.0 Å². The van der Waals surface area contributed by atoms with Crippen LogP contribution in [0.3, 0.4) is 0 Å². The van der Waals surface area contributed by atoms with E-state index in [0.29, 0.717) is 0 Å². The van der Waals surface area contributed by atoms with Crippen LogP contribution in [0.25, 0.3) is 0 Å². The van der Waals surface area contributed by atoms with E-state index < -0.39 is 0 Å². The zero-order valence-electron chi connectivity index (χ0n) is 11.3. The Bertz CT molecular complexity index is 377. The number of hydrogen-bond donors (Lipinski definition) is 1. The van der Waals surface area contributed by atoms with Crippen LogP contribution in [0.4, 0.5) is 0 Å². The highest BCUT2D eigenvalue weighted by atomic mass is 15.3. The zero-order valence-corrected chi connectivity index (χ0v) is 11.3.